The molecule has 1 aromatic rings. The van der Waals surface area contributed by atoms with Crippen molar-refractivity contribution in [1.29, 1.82) is 0 Å². The maximum atomic E-state index is 14.0. The van der Waals surface area contributed by atoms with Gasteiger partial charge in [0.2, 0.25) is 0 Å². The van der Waals surface area contributed by atoms with E-state index >= 15 is 0 Å². The van der Waals surface area contributed by atoms with Crippen molar-refractivity contribution in [3.63, 3.8) is 0 Å². The van der Waals surface area contributed by atoms with Crippen LogP contribution in [0.3, 0.4) is 0 Å². The Morgan fingerprint density at radius 3 is 2.58 bits per heavy atom. The summed E-state index contributed by atoms with van der Waals surface area (Å²) in [6.45, 7) is 10.8. The average molecular weight is 457 g/mol. The Balaban J connectivity index is 2.08. The number of ether oxygens (including phenoxy) is 2. The molecule has 182 valence electrons. The molecule has 1 aliphatic carbocycles. The monoisotopic (exact) mass is 456 g/mol. The van der Waals surface area contributed by atoms with E-state index < -0.39 is 5.60 Å². The fraction of sp³-hybridized carbons (Fsp3) is 0.630. The molecule has 1 aromatic carbocycles. The van der Waals surface area contributed by atoms with Gasteiger partial charge in [0.05, 0.1) is 5.69 Å². The SMILES string of the molecule is C/C=C/c1cc2c(cc1C(=O)N(C(C)C)C1CCCCC1)N(CCCOC)C(=O)C(C)(C)O2. The highest BCUT2D eigenvalue weighted by atomic mass is 16.5. The molecule has 2 aliphatic rings. The van der Waals surface area contributed by atoms with Crippen LogP contribution in [-0.2, 0) is 9.53 Å². The lowest BCUT2D eigenvalue weighted by Gasteiger charge is -2.40. The minimum Gasteiger partial charge on any atom is -0.476 e. The predicted molar refractivity (Wildman–Crippen MR) is 133 cm³/mol. The molecule has 0 saturated heterocycles. The van der Waals surface area contributed by atoms with Gasteiger partial charge in [-0.05, 0) is 71.6 Å². The first-order valence-corrected chi connectivity index (χ1v) is 12.3. The minimum atomic E-state index is -0.967. The van der Waals surface area contributed by atoms with Crippen LogP contribution in [-0.4, -0.2) is 54.7 Å². The Labute approximate surface area is 198 Å². The molecule has 1 saturated carbocycles. The second kappa shape index (κ2) is 10.7. The third kappa shape index (κ3) is 5.43. The topological polar surface area (TPSA) is 59.1 Å². The van der Waals surface area contributed by atoms with Crippen molar-refractivity contribution in [3.05, 3.63) is 29.3 Å². The molecule has 0 aromatic heterocycles. The Bertz CT molecular complexity index is 884. The number of carbonyl (C=O) groups is 2. The lowest BCUT2D eigenvalue weighted by molar-refractivity contribution is -0.132. The molecule has 6 heteroatoms. The number of methoxy groups -OCH3 is 1. The minimum absolute atomic E-state index is 0.0296. The second-order valence-corrected chi connectivity index (χ2v) is 9.92. The van der Waals surface area contributed by atoms with Crippen LogP contribution in [0.15, 0.2) is 18.2 Å². The molecular weight excluding hydrogens is 416 g/mol. The number of hydrogen-bond acceptors (Lipinski definition) is 4. The van der Waals surface area contributed by atoms with Crippen molar-refractivity contribution in [2.24, 2.45) is 0 Å². The van der Waals surface area contributed by atoms with Gasteiger partial charge in [0.15, 0.2) is 5.60 Å². The fourth-order valence-electron chi connectivity index (χ4n) is 5.04. The zero-order valence-electron chi connectivity index (χ0n) is 21.1. The summed E-state index contributed by atoms with van der Waals surface area (Å²) in [6, 6.07) is 4.14. The number of rotatable bonds is 8. The summed E-state index contributed by atoms with van der Waals surface area (Å²) in [5.41, 5.74) is 1.15. The van der Waals surface area contributed by atoms with Gasteiger partial charge in [-0.1, -0.05) is 31.4 Å². The predicted octanol–water partition coefficient (Wildman–Crippen LogP) is 5.44. The molecule has 2 amide bonds. The summed E-state index contributed by atoms with van der Waals surface area (Å²) in [7, 11) is 1.66. The Kier molecular flexibility index (Phi) is 8.22. The lowest BCUT2D eigenvalue weighted by atomic mass is 9.92. The van der Waals surface area contributed by atoms with Crippen LogP contribution in [0.1, 0.15) is 89.1 Å². The van der Waals surface area contributed by atoms with Crippen molar-refractivity contribution >= 4 is 23.6 Å². The van der Waals surface area contributed by atoms with E-state index in [-0.39, 0.29) is 23.9 Å². The van der Waals surface area contributed by atoms with E-state index in [0.717, 1.165) is 31.2 Å². The van der Waals surface area contributed by atoms with Crippen LogP contribution < -0.4 is 9.64 Å². The number of hydrogen-bond donors (Lipinski definition) is 0. The number of anilines is 1. The molecule has 1 heterocycles. The Morgan fingerprint density at radius 2 is 1.97 bits per heavy atom. The molecule has 0 bridgehead atoms. The average Bonchev–Trinajstić information content (AvgIpc) is 2.77. The first-order valence-electron chi connectivity index (χ1n) is 12.3. The summed E-state index contributed by atoms with van der Waals surface area (Å²) in [5, 5.41) is 0. The highest BCUT2D eigenvalue weighted by molar-refractivity contribution is 6.05. The molecule has 0 N–H and O–H groups in total. The van der Waals surface area contributed by atoms with Crippen LogP contribution in [0.4, 0.5) is 5.69 Å². The Hall–Kier alpha value is -2.34. The number of amides is 2. The third-order valence-corrected chi connectivity index (χ3v) is 6.61. The van der Waals surface area contributed by atoms with Gasteiger partial charge < -0.3 is 19.3 Å². The number of nitrogens with zero attached hydrogens (tertiary/aromatic N) is 2. The number of fused-ring (bicyclic) bond motifs is 1. The molecule has 0 unspecified atom stereocenters. The van der Waals surface area contributed by atoms with E-state index in [2.05, 4.69) is 18.7 Å². The first kappa shape index (κ1) is 25.3. The van der Waals surface area contributed by atoms with Crippen molar-refractivity contribution in [2.75, 3.05) is 25.2 Å². The fourth-order valence-corrected chi connectivity index (χ4v) is 5.04. The summed E-state index contributed by atoms with van der Waals surface area (Å²) in [6.07, 6.45) is 10.3. The number of benzene rings is 1. The number of carbonyl (C=O) groups excluding carboxylic acids is 2. The van der Waals surface area contributed by atoms with Crippen LogP contribution in [0.5, 0.6) is 5.75 Å². The maximum Gasteiger partial charge on any atom is 0.270 e. The van der Waals surface area contributed by atoms with Crippen molar-refractivity contribution in [2.45, 2.75) is 90.8 Å². The van der Waals surface area contributed by atoms with Crippen molar-refractivity contribution < 1.29 is 19.1 Å². The van der Waals surface area contributed by atoms with E-state index in [4.69, 9.17) is 9.47 Å². The van der Waals surface area contributed by atoms with Gasteiger partial charge >= 0.3 is 0 Å². The van der Waals surface area contributed by atoms with E-state index in [1.807, 2.05) is 31.2 Å². The molecule has 0 radical (unpaired) electrons. The van der Waals surface area contributed by atoms with E-state index in [1.54, 1.807) is 25.9 Å². The first-order chi connectivity index (χ1) is 15.7. The quantitative estimate of drug-likeness (QED) is 0.489. The molecule has 33 heavy (non-hydrogen) atoms. The summed E-state index contributed by atoms with van der Waals surface area (Å²) < 4.78 is 11.3. The van der Waals surface area contributed by atoms with Gasteiger partial charge in [-0.15, -0.1) is 0 Å². The highest BCUT2D eigenvalue weighted by Crippen LogP contribution is 2.41. The summed E-state index contributed by atoms with van der Waals surface area (Å²) in [4.78, 5) is 31.0. The van der Waals surface area contributed by atoms with Gasteiger partial charge in [-0.2, -0.15) is 0 Å². The van der Waals surface area contributed by atoms with Gasteiger partial charge in [0.1, 0.15) is 5.75 Å². The second-order valence-electron chi connectivity index (χ2n) is 9.92. The molecule has 0 spiro atoms. The smallest absolute Gasteiger partial charge is 0.270 e. The standard InChI is InChI=1S/C27H40N2O4/c1-7-12-20-17-24-23(28(15-11-16-32-6)26(31)27(4,5)33-24)18-22(20)25(30)29(19(2)3)21-13-9-8-10-14-21/h7,12,17-19,21H,8-11,13-16H2,1-6H3/b12-7+. The van der Waals surface area contributed by atoms with Crippen LogP contribution >= 0.6 is 0 Å². The molecule has 3 rings (SSSR count). The van der Waals surface area contributed by atoms with E-state index in [1.165, 1.54) is 6.42 Å². The normalized spacial score (nSPS) is 18.5. The van der Waals surface area contributed by atoms with E-state index in [9.17, 15) is 9.59 Å². The largest absolute Gasteiger partial charge is 0.476 e. The van der Waals surface area contributed by atoms with Gasteiger partial charge in [-0.3, -0.25) is 9.59 Å². The molecule has 1 fully saturated rings. The molecule has 1 aliphatic heterocycles. The van der Waals surface area contributed by atoms with Gasteiger partial charge in [0.25, 0.3) is 11.8 Å². The van der Waals surface area contributed by atoms with Crippen LogP contribution in [0.2, 0.25) is 0 Å². The zero-order chi connectivity index (χ0) is 24.2. The van der Waals surface area contributed by atoms with Crippen LogP contribution in [0.25, 0.3) is 6.08 Å². The Morgan fingerprint density at radius 1 is 1.27 bits per heavy atom. The van der Waals surface area contributed by atoms with E-state index in [0.29, 0.717) is 36.6 Å². The summed E-state index contributed by atoms with van der Waals surface area (Å²) >= 11 is 0. The maximum absolute atomic E-state index is 14.0. The lowest BCUT2D eigenvalue weighted by Crippen LogP contribution is -2.53. The third-order valence-electron chi connectivity index (χ3n) is 6.61. The van der Waals surface area contributed by atoms with Crippen molar-refractivity contribution in [1.82, 2.24) is 4.90 Å². The molecule has 6 nitrogen and oxygen atoms in total. The molecule has 0 atom stereocenters. The molecular formula is C27H40N2O4. The zero-order valence-corrected chi connectivity index (χ0v) is 21.1. The number of allylic oxidation sites excluding steroid dienone is 1. The van der Waals surface area contributed by atoms with Gasteiger partial charge in [0, 0.05) is 37.9 Å². The summed E-state index contributed by atoms with van der Waals surface area (Å²) in [5.74, 6) is 0.564. The van der Waals surface area contributed by atoms with Crippen LogP contribution in [0, 0.1) is 0 Å². The van der Waals surface area contributed by atoms with Crippen molar-refractivity contribution in [3.8, 4) is 5.75 Å². The van der Waals surface area contributed by atoms with Gasteiger partial charge in [-0.25, -0.2) is 0 Å². The highest BCUT2D eigenvalue weighted by Gasteiger charge is 2.41.